The van der Waals surface area contributed by atoms with Crippen LogP contribution in [0.1, 0.15) is 5.56 Å². The predicted molar refractivity (Wildman–Crippen MR) is 70.4 cm³/mol. The summed E-state index contributed by atoms with van der Waals surface area (Å²) < 4.78 is 1.03. The smallest absolute Gasteiger partial charge is 0.154 e. The van der Waals surface area contributed by atoms with E-state index in [-0.39, 0.29) is 0 Å². The Kier molecular flexibility index (Phi) is 4.23. The summed E-state index contributed by atoms with van der Waals surface area (Å²) in [5, 5.41) is 2.75. The molecule has 0 aliphatic heterocycles. The second kappa shape index (κ2) is 5.68. The van der Waals surface area contributed by atoms with E-state index >= 15 is 0 Å². The molecule has 1 aromatic heterocycles. The molecule has 0 spiro atoms. The number of nitrogens with two attached hydrogens (primary N) is 1. The van der Waals surface area contributed by atoms with Crippen molar-refractivity contribution in [2.24, 2.45) is 5.73 Å². The molecular weight excluding hydrogens is 260 g/mol. The van der Waals surface area contributed by atoms with Crippen molar-refractivity contribution in [1.82, 2.24) is 4.98 Å². The minimum Gasteiger partial charge on any atom is -0.330 e. The van der Waals surface area contributed by atoms with Gasteiger partial charge in [-0.25, -0.2) is 4.98 Å². The van der Waals surface area contributed by atoms with Gasteiger partial charge < -0.3 is 5.73 Å². The fraction of sp³-hybridized carbons (Fsp3) is 0.182. The van der Waals surface area contributed by atoms with Gasteiger partial charge in [0.2, 0.25) is 0 Å². The number of rotatable bonds is 4. The molecule has 1 aromatic carbocycles. The van der Waals surface area contributed by atoms with Crippen LogP contribution in [0.4, 0.5) is 0 Å². The highest BCUT2D eigenvalue weighted by Crippen LogP contribution is 2.31. The highest BCUT2D eigenvalue weighted by atomic mass is 35.5. The lowest BCUT2D eigenvalue weighted by atomic mass is 10.1. The number of benzene rings is 1. The van der Waals surface area contributed by atoms with Crippen LogP contribution in [0.3, 0.4) is 0 Å². The molecule has 84 valence electrons. The van der Waals surface area contributed by atoms with Crippen LogP contribution in [0.25, 0.3) is 0 Å². The molecule has 0 atom stereocenters. The van der Waals surface area contributed by atoms with Crippen molar-refractivity contribution >= 4 is 34.7 Å². The fourth-order valence-electron chi connectivity index (χ4n) is 1.31. The topological polar surface area (TPSA) is 38.9 Å². The van der Waals surface area contributed by atoms with Crippen molar-refractivity contribution in [1.29, 1.82) is 0 Å². The molecule has 0 unspecified atom stereocenters. The van der Waals surface area contributed by atoms with Crippen molar-refractivity contribution < 1.29 is 0 Å². The van der Waals surface area contributed by atoms with Gasteiger partial charge in [-0.2, -0.15) is 0 Å². The molecule has 16 heavy (non-hydrogen) atoms. The van der Waals surface area contributed by atoms with E-state index in [1.54, 1.807) is 29.3 Å². The van der Waals surface area contributed by atoms with Crippen LogP contribution in [-0.4, -0.2) is 11.5 Å². The van der Waals surface area contributed by atoms with Crippen molar-refractivity contribution in [3.05, 3.63) is 40.4 Å². The zero-order chi connectivity index (χ0) is 11.4. The van der Waals surface area contributed by atoms with Crippen LogP contribution < -0.4 is 5.73 Å². The molecule has 2 N–H and O–H groups in total. The maximum atomic E-state index is 6.16. The van der Waals surface area contributed by atoms with Crippen molar-refractivity contribution in [2.45, 2.75) is 15.7 Å². The van der Waals surface area contributed by atoms with Crippen LogP contribution in [0.5, 0.6) is 0 Å². The third kappa shape index (κ3) is 2.98. The Balaban J connectivity index is 2.15. The maximum Gasteiger partial charge on any atom is 0.154 e. The zero-order valence-corrected chi connectivity index (χ0v) is 10.9. The normalized spacial score (nSPS) is 10.6. The van der Waals surface area contributed by atoms with Crippen molar-refractivity contribution in [3.63, 3.8) is 0 Å². The number of nitrogens with zero attached hydrogens (tertiary/aromatic N) is 1. The Hall–Kier alpha value is -0.550. The lowest BCUT2D eigenvalue weighted by molar-refractivity contribution is 0.967. The van der Waals surface area contributed by atoms with Crippen LogP contribution >= 0.6 is 34.7 Å². The van der Waals surface area contributed by atoms with Gasteiger partial charge >= 0.3 is 0 Å². The molecule has 5 heteroatoms. The van der Waals surface area contributed by atoms with Gasteiger partial charge in [-0.3, -0.25) is 0 Å². The van der Waals surface area contributed by atoms with E-state index in [9.17, 15) is 0 Å². The molecule has 0 aliphatic carbocycles. The molecular formula is C11H11ClN2S2. The number of aromatic nitrogens is 1. The van der Waals surface area contributed by atoms with Crippen LogP contribution in [0.15, 0.2) is 39.0 Å². The first-order chi connectivity index (χ1) is 7.79. The van der Waals surface area contributed by atoms with E-state index in [1.807, 2.05) is 17.5 Å². The monoisotopic (exact) mass is 270 g/mol. The Labute approximate surface area is 108 Å². The van der Waals surface area contributed by atoms with Gasteiger partial charge in [-0.05, 0) is 30.7 Å². The Morgan fingerprint density at radius 2 is 2.31 bits per heavy atom. The first-order valence-corrected chi connectivity index (χ1v) is 6.93. The van der Waals surface area contributed by atoms with Crippen molar-refractivity contribution in [3.8, 4) is 0 Å². The SMILES string of the molecule is NCCc1ccc(Sc2nccs2)cc1Cl. The summed E-state index contributed by atoms with van der Waals surface area (Å²) >= 11 is 9.42. The minimum atomic E-state index is 0.624. The van der Waals surface area contributed by atoms with Gasteiger partial charge in [0.05, 0.1) is 0 Å². The average molecular weight is 271 g/mol. The van der Waals surface area contributed by atoms with Gasteiger partial charge in [0.25, 0.3) is 0 Å². The first-order valence-electron chi connectivity index (χ1n) is 4.85. The molecule has 2 rings (SSSR count). The summed E-state index contributed by atoms with van der Waals surface area (Å²) in [6.45, 7) is 0.624. The molecule has 0 aliphatic rings. The Morgan fingerprint density at radius 3 is 2.94 bits per heavy atom. The van der Waals surface area contributed by atoms with E-state index in [0.29, 0.717) is 6.54 Å². The number of thiazole rings is 1. The van der Waals surface area contributed by atoms with Gasteiger partial charge in [0.15, 0.2) is 4.34 Å². The highest BCUT2D eigenvalue weighted by Gasteiger charge is 2.04. The molecule has 0 saturated heterocycles. The molecule has 0 amide bonds. The third-order valence-electron chi connectivity index (χ3n) is 2.05. The van der Waals surface area contributed by atoms with Gasteiger partial charge in [0.1, 0.15) is 0 Å². The number of halogens is 1. The Bertz CT molecular complexity index is 457. The van der Waals surface area contributed by atoms with Gasteiger partial charge in [0, 0.05) is 21.5 Å². The Morgan fingerprint density at radius 1 is 1.44 bits per heavy atom. The van der Waals surface area contributed by atoms with E-state index in [1.165, 1.54) is 0 Å². The first kappa shape index (κ1) is 11.9. The van der Waals surface area contributed by atoms with E-state index < -0.39 is 0 Å². The lowest BCUT2D eigenvalue weighted by Crippen LogP contribution is -2.02. The molecule has 0 bridgehead atoms. The largest absolute Gasteiger partial charge is 0.330 e. The van der Waals surface area contributed by atoms with Gasteiger partial charge in [-0.15, -0.1) is 11.3 Å². The highest BCUT2D eigenvalue weighted by molar-refractivity contribution is 8.01. The summed E-state index contributed by atoms with van der Waals surface area (Å²) in [6.07, 6.45) is 2.62. The van der Waals surface area contributed by atoms with Gasteiger partial charge in [-0.1, -0.05) is 29.4 Å². The summed E-state index contributed by atoms with van der Waals surface area (Å²) in [6, 6.07) is 6.06. The standard InChI is InChI=1S/C11H11ClN2S2/c12-10-7-9(2-1-8(10)3-4-13)16-11-14-5-6-15-11/h1-2,5-7H,3-4,13H2. The summed E-state index contributed by atoms with van der Waals surface area (Å²) in [4.78, 5) is 5.33. The fourth-order valence-corrected chi connectivity index (χ4v) is 3.29. The van der Waals surface area contributed by atoms with E-state index in [0.717, 1.165) is 26.2 Å². The molecule has 2 aromatic rings. The molecule has 0 fully saturated rings. The zero-order valence-electron chi connectivity index (χ0n) is 8.52. The van der Waals surface area contributed by atoms with Crippen LogP contribution in [0.2, 0.25) is 5.02 Å². The van der Waals surface area contributed by atoms with E-state index in [2.05, 4.69) is 11.1 Å². The maximum absolute atomic E-state index is 6.16. The molecule has 0 saturated carbocycles. The quantitative estimate of drug-likeness (QED) is 0.925. The van der Waals surface area contributed by atoms with Crippen LogP contribution in [0, 0.1) is 0 Å². The second-order valence-corrected chi connectivity index (χ2v) is 5.81. The second-order valence-electron chi connectivity index (χ2n) is 3.19. The summed E-state index contributed by atoms with van der Waals surface area (Å²) in [5.41, 5.74) is 6.61. The summed E-state index contributed by atoms with van der Waals surface area (Å²) in [5.74, 6) is 0. The van der Waals surface area contributed by atoms with E-state index in [4.69, 9.17) is 17.3 Å². The van der Waals surface area contributed by atoms with Crippen molar-refractivity contribution in [2.75, 3.05) is 6.54 Å². The number of hydrogen-bond acceptors (Lipinski definition) is 4. The van der Waals surface area contributed by atoms with Crippen LogP contribution in [-0.2, 0) is 6.42 Å². The predicted octanol–water partition coefficient (Wildman–Crippen LogP) is 3.45. The molecule has 2 nitrogen and oxygen atoms in total. The number of hydrogen-bond donors (Lipinski definition) is 1. The summed E-state index contributed by atoms with van der Waals surface area (Å²) in [7, 11) is 0. The molecule has 0 radical (unpaired) electrons. The molecule has 1 heterocycles. The lowest BCUT2D eigenvalue weighted by Gasteiger charge is -2.04. The minimum absolute atomic E-state index is 0.624. The third-order valence-corrected chi connectivity index (χ3v) is 4.28. The average Bonchev–Trinajstić information content (AvgIpc) is 2.75.